The minimum absolute atomic E-state index is 0.128. The Kier molecular flexibility index (Phi) is 9.64. The molecule has 1 N–H and O–H groups in total. The Hall–Kier alpha value is -2.96. The number of nitrogens with one attached hydrogen (secondary N) is 1. The lowest BCUT2D eigenvalue weighted by atomic mass is 10.1. The van der Waals surface area contributed by atoms with Gasteiger partial charge in [0.1, 0.15) is 11.5 Å². The van der Waals surface area contributed by atoms with E-state index in [9.17, 15) is 13.2 Å². The second kappa shape index (κ2) is 11.7. The van der Waals surface area contributed by atoms with Crippen molar-refractivity contribution in [3.05, 3.63) is 79.0 Å². The van der Waals surface area contributed by atoms with Gasteiger partial charge in [0.2, 0.25) is 0 Å². The second-order valence-electron chi connectivity index (χ2n) is 5.69. The zero-order chi connectivity index (χ0) is 21.0. The molecule has 1 heterocycles. The molecular formula is C21H25F3N4. The predicted molar refractivity (Wildman–Crippen MR) is 109 cm³/mol. The highest BCUT2D eigenvalue weighted by Crippen LogP contribution is 2.24. The monoisotopic (exact) mass is 390 g/mol. The van der Waals surface area contributed by atoms with Crippen molar-refractivity contribution < 1.29 is 13.2 Å². The third kappa shape index (κ3) is 7.73. The average Bonchev–Trinajstić information content (AvgIpc) is 2.67. The average molecular weight is 390 g/mol. The van der Waals surface area contributed by atoms with Crippen LogP contribution in [0.15, 0.2) is 72.6 Å². The normalized spacial score (nSPS) is 13.7. The first-order chi connectivity index (χ1) is 13.3. The topological polar surface area (TPSA) is 50.2 Å². The van der Waals surface area contributed by atoms with Gasteiger partial charge in [-0.2, -0.15) is 13.2 Å². The number of allylic oxidation sites excluding steroid dienone is 6. The number of aromatic nitrogens is 2. The molecule has 0 atom stereocenters. The molecule has 0 amide bonds. The Balaban J connectivity index is 3.10. The van der Waals surface area contributed by atoms with Gasteiger partial charge in [0, 0.05) is 12.1 Å². The van der Waals surface area contributed by atoms with E-state index in [0.29, 0.717) is 23.8 Å². The van der Waals surface area contributed by atoms with Crippen LogP contribution in [0, 0.1) is 0 Å². The van der Waals surface area contributed by atoms with Crippen molar-refractivity contribution in [1.82, 2.24) is 15.3 Å². The summed E-state index contributed by atoms with van der Waals surface area (Å²) in [5.74, 6) is 0.354. The van der Waals surface area contributed by atoms with Gasteiger partial charge in [0.25, 0.3) is 0 Å². The van der Waals surface area contributed by atoms with Crippen LogP contribution in [0.5, 0.6) is 0 Å². The van der Waals surface area contributed by atoms with E-state index in [1.54, 1.807) is 18.3 Å². The van der Waals surface area contributed by atoms with Gasteiger partial charge in [0.05, 0.1) is 24.6 Å². The zero-order valence-corrected chi connectivity index (χ0v) is 16.1. The Morgan fingerprint density at radius 1 is 1.18 bits per heavy atom. The van der Waals surface area contributed by atoms with Crippen molar-refractivity contribution in [2.75, 3.05) is 13.1 Å². The highest BCUT2D eigenvalue weighted by molar-refractivity contribution is 5.97. The Morgan fingerprint density at radius 2 is 1.86 bits per heavy atom. The number of rotatable bonds is 9. The molecule has 0 aliphatic rings. The van der Waals surface area contributed by atoms with Crippen LogP contribution in [0.1, 0.15) is 31.7 Å². The number of aliphatic imine (C=N–C) groups is 1. The molecule has 0 aliphatic carbocycles. The Labute approximate surface area is 164 Å². The third-order valence-corrected chi connectivity index (χ3v) is 3.53. The molecule has 0 radical (unpaired) electrons. The molecule has 0 spiro atoms. The molecule has 0 unspecified atom stereocenters. The quantitative estimate of drug-likeness (QED) is 0.278. The van der Waals surface area contributed by atoms with Gasteiger partial charge in [-0.25, -0.2) is 4.98 Å². The molecule has 0 fully saturated rings. The summed E-state index contributed by atoms with van der Waals surface area (Å²) in [7, 11) is 0. The summed E-state index contributed by atoms with van der Waals surface area (Å²) in [6, 6.07) is 0. The van der Waals surface area contributed by atoms with Crippen molar-refractivity contribution in [1.29, 1.82) is 0 Å². The largest absolute Gasteiger partial charge is 0.412 e. The molecule has 7 heteroatoms. The van der Waals surface area contributed by atoms with Crippen LogP contribution >= 0.6 is 0 Å². The minimum Gasteiger partial charge on any atom is -0.365 e. The number of halogens is 3. The van der Waals surface area contributed by atoms with Crippen LogP contribution < -0.4 is 5.32 Å². The summed E-state index contributed by atoms with van der Waals surface area (Å²) >= 11 is 0. The SMILES string of the molecule is C=C/C=C\C(=C/CC)c1cnc(C(=NC/C=C(\C)C(F)(F)F)NCC=C)cn1. The van der Waals surface area contributed by atoms with E-state index in [1.807, 2.05) is 25.2 Å². The number of alkyl halides is 3. The summed E-state index contributed by atoms with van der Waals surface area (Å²) in [5, 5.41) is 2.98. The maximum atomic E-state index is 12.6. The first-order valence-corrected chi connectivity index (χ1v) is 8.78. The van der Waals surface area contributed by atoms with Gasteiger partial charge >= 0.3 is 6.18 Å². The lowest BCUT2D eigenvalue weighted by Crippen LogP contribution is -2.26. The summed E-state index contributed by atoms with van der Waals surface area (Å²) in [6.07, 6.45) is 9.65. The molecule has 4 nitrogen and oxygen atoms in total. The molecule has 1 rings (SSSR count). The molecule has 0 aliphatic heterocycles. The van der Waals surface area contributed by atoms with Crippen LogP contribution in [0.4, 0.5) is 13.2 Å². The molecule has 0 aromatic carbocycles. The van der Waals surface area contributed by atoms with Crippen LogP contribution in [0.3, 0.4) is 0 Å². The summed E-state index contributed by atoms with van der Waals surface area (Å²) < 4.78 is 37.8. The first kappa shape index (κ1) is 23.1. The smallest absolute Gasteiger partial charge is 0.365 e. The van der Waals surface area contributed by atoms with Crippen molar-refractivity contribution in [2.45, 2.75) is 26.4 Å². The molecule has 1 aromatic heterocycles. The first-order valence-electron chi connectivity index (χ1n) is 8.78. The summed E-state index contributed by atoms with van der Waals surface area (Å²) in [4.78, 5) is 12.9. The van der Waals surface area contributed by atoms with E-state index in [0.717, 1.165) is 25.0 Å². The fourth-order valence-electron chi connectivity index (χ4n) is 2.03. The van der Waals surface area contributed by atoms with E-state index in [-0.39, 0.29) is 6.54 Å². The van der Waals surface area contributed by atoms with Gasteiger partial charge in [0.15, 0.2) is 0 Å². The fraction of sp³-hybridized carbons (Fsp3) is 0.286. The highest BCUT2D eigenvalue weighted by Gasteiger charge is 2.29. The van der Waals surface area contributed by atoms with Gasteiger partial charge < -0.3 is 5.32 Å². The molecule has 150 valence electrons. The van der Waals surface area contributed by atoms with Crippen LogP contribution in [-0.4, -0.2) is 35.1 Å². The van der Waals surface area contributed by atoms with Crippen molar-refractivity contribution in [3.8, 4) is 0 Å². The van der Waals surface area contributed by atoms with Crippen molar-refractivity contribution >= 4 is 11.4 Å². The van der Waals surface area contributed by atoms with Crippen LogP contribution in [0.25, 0.3) is 5.57 Å². The minimum atomic E-state index is -4.35. The molecular weight excluding hydrogens is 365 g/mol. The number of amidine groups is 1. The van der Waals surface area contributed by atoms with Gasteiger partial charge in [-0.05, 0) is 18.9 Å². The van der Waals surface area contributed by atoms with E-state index in [2.05, 4.69) is 33.4 Å². The number of hydrogen-bond donors (Lipinski definition) is 1. The van der Waals surface area contributed by atoms with Crippen molar-refractivity contribution in [2.24, 2.45) is 4.99 Å². The molecule has 0 bridgehead atoms. The van der Waals surface area contributed by atoms with E-state index in [1.165, 1.54) is 6.20 Å². The summed E-state index contributed by atoms with van der Waals surface area (Å²) in [5.41, 5.74) is 1.33. The highest BCUT2D eigenvalue weighted by atomic mass is 19.4. The molecule has 0 saturated carbocycles. The zero-order valence-electron chi connectivity index (χ0n) is 16.1. The lowest BCUT2D eigenvalue weighted by Gasteiger charge is -2.09. The van der Waals surface area contributed by atoms with Gasteiger partial charge in [-0.15, -0.1) is 6.58 Å². The standard InChI is InChI=1S/C21H25F3N4/c1-5-8-10-17(9-6-2)18-14-28-19(15-27-18)20(25-12-7-3)26-13-11-16(4)21(22,23)24/h5,7-11,14-15H,1,3,6,12-13H2,2,4H3,(H,25,26)/b10-8-,16-11+,17-9+. The van der Waals surface area contributed by atoms with E-state index >= 15 is 0 Å². The summed E-state index contributed by atoms with van der Waals surface area (Å²) in [6.45, 7) is 10.6. The number of hydrogen-bond acceptors (Lipinski definition) is 3. The fourth-order valence-corrected chi connectivity index (χ4v) is 2.03. The Bertz CT molecular complexity index is 770. The third-order valence-electron chi connectivity index (χ3n) is 3.53. The van der Waals surface area contributed by atoms with Gasteiger partial charge in [-0.1, -0.05) is 50.0 Å². The molecule has 28 heavy (non-hydrogen) atoms. The maximum absolute atomic E-state index is 12.6. The van der Waals surface area contributed by atoms with Gasteiger partial charge in [-0.3, -0.25) is 9.98 Å². The van der Waals surface area contributed by atoms with E-state index in [4.69, 9.17) is 0 Å². The molecule has 1 aromatic rings. The van der Waals surface area contributed by atoms with Crippen LogP contribution in [-0.2, 0) is 0 Å². The van der Waals surface area contributed by atoms with Crippen LogP contribution in [0.2, 0.25) is 0 Å². The lowest BCUT2D eigenvalue weighted by molar-refractivity contribution is -0.0914. The van der Waals surface area contributed by atoms with E-state index < -0.39 is 11.7 Å². The van der Waals surface area contributed by atoms with Crippen molar-refractivity contribution in [3.63, 3.8) is 0 Å². The predicted octanol–water partition coefficient (Wildman–Crippen LogP) is 5.04. The Morgan fingerprint density at radius 3 is 2.39 bits per heavy atom. The maximum Gasteiger partial charge on any atom is 0.412 e. The number of nitrogens with zero attached hydrogens (tertiary/aromatic N) is 3. The second-order valence-corrected chi connectivity index (χ2v) is 5.69. The molecule has 0 saturated heterocycles.